The number of piperidine rings is 1. The van der Waals surface area contributed by atoms with Gasteiger partial charge < -0.3 is 9.64 Å². The second-order valence-electron chi connectivity index (χ2n) is 6.55. The first-order valence-corrected chi connectivity index (χ1v) is 8.38. The van der Waals surface area contributed by atoms with Crippen LogP contribution in [0.4, 0.5) is 0 Å². The fourth-order valence-corrected chi connectivity index (χ4v) is 3.55. The van der Waals surface area contributed by atoms with Crippen LogP contribution in [0.15, 0.2) is 17.7 Å². The van der Waals surface area contributed by atoms with Crippen LogP contribution in [0.25, 0.3) is 6.08 Å². The summed E-state index contributed by atoms with van der Waals surface area (Å²) in [5.74, 6) is 1.09. The molecule has 2 aliphatic heterocycles. The maximum absolute atomic E-state index is 5.99. The van der Waals surface area contributed by atoms with Crippen molar-refractivity contribution in [2.24, 2.45) is 0 Å². The Labute approximate surface area is 128 Å². The van der Waals surface area contributed by atoms with E-state index in [4.69, 9.17) is 4.74 Å². The summed E-state index contributed by atoms with van der Waals surface area (Å²) >= 11 is 0. The number of benzene rings is 1. The highest BCUT2D eigenvalue weighted by molar-refractivity contribution is 5.64. The summed E-state index contributed by atoms with van der Waals surface area (Å²) in [6, 6.07) is 4.47. The third-order valence-corrected chi connectivity index (χ3v) is 4.67. The molecule has 1 fully saturated rings. The number of nitrogens with zero attached hydrogens (tertiary/aromatic N) is 1. The summed E-state index contributed by atoms with van der Waals surface area (Å²) in [5.41, 5.74) is 5.41. The first-order valence-electron chi connectivity index (χ1n) is 8.38. The molecule has 1 aromatic rings. The van der Waals surface area contributed by atoms with E-state index in [1.165, 1.54) is 62.0 Å². The summed E-state index contributed by atoms with van der Waals surface area (Å²) < 4.78 is 5.99. The maximum atomic E-state index is 5.99. The van der Waals surface area contributed by atoms with Gasteiger partial charge in [0.25, 0.3) is 0 Å². The van der Waals surface area contributed by atoms with Crippen molar-refractivity contribution in [3.63, 3.8) is 0 Å². The highest BCUT2D eigenvalue weighted by Crippen LogP contribution is 2.31. The molecule has 1 aromatic carbocycles. The molecule has 3 rings (SSSR count). The zero-order chi connectivity index (χ0) is 14.7. The fraction of sp³-hybridized carbons (Fsp3) is 0.579. The van der Waals surface area contributed by atoms with Crippen molar-refractivity contribution in [2.45, 2.75) is 46.0 Å². The lowest BCUT2D eigenvalue weighted by atomic mass is 10.0. The first-order chi connectivity index (χ1) is 10.2. The van der Waals surface area contributed by atoms with Crippen LogP contribution in [0.3, 0.4) is 0 Å². The smallest absolute Gasteiger partial charge is 0.129 e. The highest BCUT2D eigenvalue weighted by Gasteiger charge is 2.14. The van der Waals surface area contributed by atoms with Crippen LogP contribution >= 0.6 is 0 Å². The minimum atomic E-state index is 0.822. The third-order valence-electron chi connectivity index (χ3n) is 4.67. The summed E-state index contributed by atoms with van der Waals surface area (Å²) in [4.78, 5) is 2.62. The van der Waals surface area contributed by atoms with Gasteiger partial charge in [0.2, 0.25) is 0 Å². The lowest BCUT2D eigenvalue weighted by molar-refractivity contribution is 0.230. The molecule has 0 N–H and O–H groups in total. The van der Waals surface area contributed by atoms with E-state index >= 15 is 0 Å². The average Bonchev–Trinajstić information content (AvgIpc) is 2.68. The van der Waals surface area contributed by atoms with Crippen LogP contribution in [0, 0.1) is 13.8 Å². The van der Waals surface area contributed by atoms with Gasteiger partial charge in [0, 0.05) is 18.5 Å². The molecule has 2 heterocycles. The van der Waals surface area contributed by atoms with Crippen LogP contribution in [-0.2, 0) is 0 Å². The van der Waals surface area contributed by atoms with Crippen LogP contribution < -0.4 is 4.74 Å². The van der Waals surface area contributed by atoms with E-state index in [1.54, 1.807) is 5.57 Å². The second kappa shape index (κ2) is 6.65. The quantitative estimate of drug-likeness (QED) is 0.819. The molecule has 0 atom stereocenters. The molecule has 0 saturated carbocycles. The molecule has 0 aromatic heterocycles. The Morgan fingerprint density at radius 2 is 1.90 bits per heavy atom. The van der Waals surface area contributed by atoms with E-state index in [0.29, 0.717) is 0 Å². The van der Waals surface area contributed by atoms with Crippen LogP contribution in [0.2, 0.25) is 0 Å². The number of rotatable bonds is 3. The van der Waals surface area contributed by atoms with Crippen molar-refractivity contribution in [1.82, 2.24) is 4.90 Å². The van der Waals surface area contributed by atoms with Gasteiger partial charge in [-0.3, -0.25) is 0 Å². The Morgan fingerprint density at radius 1 is 1.10 bits per heavy atom. The summed E-state index contributed by atoms with van der Waals surface area (Å²) in [7, 11) is 0. The number of hydrogen-bond donors (Lipinski definition) is 0. The van der Waals surface area contributed by atoms with Gasteiger partial charge in [0.05, 0.1) is 6.61 Å². The molecule has 0 spiro atoms. The van der Waals surface area contributed by atoms with Gasteiger partial charge in [-0.15, -0.1) is 0 Å². The van der Waals surface area contributed by atoms with Crippen molar-refractivity contribution in [3.8, 4) is 5.75 Å². The first kappa shape index (κ1) is 14.6. The van der Waals surface area contributed by atoms with E-state index in [2.05, 4.69) is 37.0 Å². The second-order valence-corrected chi connectivity index (χ2v) is 6.55. The molecular weight excluding hydrogens is 258 g/mol. The summed E-state index contributed by atoms with van der Waals surface area (Å²) in [6.45, 7) is 8.93. The fourth-order valence-electron chi connectivity index (χ4n) is 3.55. The minimum Gasteiger partial charge on any atom is -0.492 e. The molecule has 0 aliphatic carbocycles. The SMILES string of the molecule is Cc1cc(C)c2c(c1)C=C(CCN1CCCCC1)CCO2. The molecule has 2 heteroatoms. The Kier molecular flexibility index (Phi) is 4.64. The standard InChI is InChI=1S/C19H27NO/c1-15-12-16(2)19-18(13-15)14-17(7-11-21-19)6-10-20-8-4-3-5-9-20/h12-14H,3-11H2,1-2H3. The number of aryl methyl sites for hydroxylation is 2. The van der Waals surface area contributed by atoms with Crippen molar-refractivity contribution in [3.05, 3.63) is 34.4 Å². The Bertz CT molecular complexity index is 527. The van der Waals surface area contributed by atoms with Crippen molar-refractivity contribution in [1.29, 1.82) is 0 Å². The predicted molar refractivity (Wildman–Crippen MR) is 88.9 cm³/mol. The average molecular weight is 285 g/mol. The number of fused-ring (bicyclic) bond motifs is 1. The Hall–Kier alpha value is -1.28. The molecule has 1 saturated heterocycles. The van der Waals surface area contributed by atoms with Crippen molar-refractivity contribution >= 4 is 6.08 Å². The largest absolute Gasteiger partial charge is 0.492 e. The topological polar surface area (TPSA) is 12.5 Å². The lowest BCUT2D eigenvalue weighted by Crippen LogP contribution is -2.30. The summed E-state index contributed by atoms with van der Waals surface area (Å²) in [6.07, 6.45) is 8.81. The van der Waals surface area contributed by atoms with Gasteiger partial charge in [-0.05, 0) is 57.8 Å². The minimum absolute atomic E-state index is 0.822. The van der Waals surface area contributed by atoms with Gasteiger partial charge >= 0.3 is 0 Å². The normalized spacial score (nSPS) is 19.4. The van der Waals surface area contributed by atoms with Crippen LogP contribution in [0.1, 0.15) is 48.8 Å². The molecule has 0 unspecified atom stereocenters. The maximum Gasteiger partial charge on any atom is 0.129 e. The van der Waals surface area contributed by atoms with Crippen LogP contribution in [-0.4, -0.2) is 31.1 Å². The molecular formula is C19H27NO. The Morgan fingerprint density at radius 3 is 2.71 bits per heavy atom. The molecule has 0 amide bonds. The van der Waals surface area contributed by atoms with E-state index < -0.39 is 0 Å². The van der Waals surface area contributed by atoms with Gasteiger partial charge in [-0.25, -0.2) is 0 Å². The Balaban J connectivity index is 1.71. The van der Waals surface area contributed by atoms with E-state index in [0.717, 1.165) is 18.8 Å². The zero-order valence-electron chi connectivity index (χ0n) is 13.5. The summed E-state index contributed by atoms with van der Waals surface area (Å²) in [5, 5.41) is 0. The number of likely N-dealkylation sites (tertiary alicyclic amines) is 1. The zero-order valence-corrected chi connectivity index (χ0v) is 13.5. The van der Waals surface area contributed by atoms with Crippen LogP contribution in [0.5, 0.6) is 5.75 Å². The third kappa shape index (κ3) is 3.68. The molecule has 0 radical (unpaired) electrons. The van der Waals surface area contributed by atoms with E-state index in [-0.39, 0.29) is 0 Å². The number of ether oxygens (including phenoxy) is 1. The predicted octanol–water partition coefficient (Wildman–Crippen LogP) is 4.35. The van der Waals surface area contributed by atoms with Crippen molar-refractivity contribution < 1.29 is 4.74 Å². The monoisotopic (exact) mass is 285 g/mol. The molecule has 114 valence electrons. The van der Waals surface area contributed by atoms with Crippen molar-refractivity contribution in [2.75, 3.05) is 26.2 Å². The van der Waals surface area contributed by atoms with Gasteiger partial charge in [-0.2, -0.15) is 0 Å². The molecule has 21 heavy (non-hydrogen) atoms. The molecule has 2 nitrogen and oxygen atoms in total. The molecule has 2 aliphatic rings. The van der Waals surface area contributed by atoms with E-state index in [1.807, 2.05) is 0 Å². The van der Waals surface area contributed by atoms with Gasteiger partial charge in [0.15, 0.2) is 0 Å². The lowest BCUT2D eigenvalue weighted by Gasteiger charge is -2.26. The van der Waals surface area contributed by atoms with Gasteiger partial charge in [-0.1, -0.05) is 29.7 Å². The highest BCUT2D eigenvalue weighted by atomic mass is 16.5. The van der Waals surface area contributed by atoms with E-state index in [9.17, 15) is 0 Å². The number of hydrogen-bond acceptors (Lipinski definition) is 2. The molecule has 0 bridgehead atoms. The van der Waals surface area contributed by atoms with Gasteiger partial charge in [0.1, 0.15) is 5.75 Å².